The van der Waals surface area contributed by atoms with E-state index < -0.39 is 0 Å². The Morgan fingerprint density at radius 2 is 1.77 bits per heavy atom. The first-order valence-corrected chi connectivity index (χ1v) is 8.52. The van der Waals surface area contributed by atoms with Crippen molar-refractivity contribution >= 4 is 28.5 Å². The minimum absolute atomic E-state index is 0.0710. The zero-order valence-electron chi connectivity index (χ0n) is 12.6. The number of ether oxygens (including phenoxy) is 1. The van der Waals surface area contributed by atoms with E-state index in [1.165, 1.54) is 5.56 Å². The van der Waals surface area contributed by atoms with Crippen LogP contribution in [0.5, 0.6) is 5.75 Å². The van der Waals surface area contributed by atoms with E-state index in [9.17, 15) is 4.79 Å². The molecule has 1 N–H and O–H groups in total. The minimum atomic E-state index is -0.0710. The maximum atomic E-state index is 11.9. The molecule has 0 fully saturated rings. The van der Waals surface area contributed by atoms with Gasteiger partial charge in [-0.25, -0.2) is 0 Å². The molecular formula is C18H20INO2. The molecule has 0 radical (unpaired) electrons. The third-order valence-electron chi connectivity index (χ3n) is 3.22. The second-order valence-corrected chi connectivity index (χ2v) is 6.25. The van der Waals surface area contributed by atoms with E-state index in [-0.39, 0.29) is 5.91 Å². The fourth-order valence-corrected chi connectivity index (χ4v) is 2.44. The Hall–Kier alpha value is -1.56. The van der Waals surface area contributed by atoms with Crippen molar-refractivity contribution in [1.29, 1.82) is 0 Å². The molecule has 22 heavy (non-hydrogen) atoms. The summed E-state index contributed by atoms with van der Waals surface area (Å²) in [7, 11) is 0. The summed E-state index contributed by atoms with van der Waals surface area (Å²) >= 11 is 2.22. The van der Waals surface area contributed by atoms with Crippen molar-refractivity contribution in [2.45, 2.75) is 19.8 Å². The molecule has 0 heterocycles. The first kappa shape index (κ1) is 16.8. The van der Waals surface area contributed by atoms with Gasteiger partial charge in [0.1, 0.15) is 12.4 Å². The molecule has 0 spiro atoms. The number of hydrogen-bond donors (Lipinski definition) is 1. The molecule has 116 valence electrons. The van der Waals surface area contributed by atoms with Crippen molar-refractivity contribution in [3.8, 4) is 5.75 Å². The zero-order valence-corrected chi connectivity index (χ0v) is 14.8. The SMILES string of the molecule is CCCc1ccc(OCCNC(=O)c2ccc(I)cc2)cc1. The Morgan fingerprint density at radius 1 is 1.09 bits per heavy atom. The van der Waals surface area contributed by atoms with Gasteiger partial charge in [-0.1, -0.05) is 25.5 Å². The summed E-state index contributed by atoms with van der Waals surface area (Å²) < 4.78 is 6.74. The molecule has 1 amide bonds. The first-order chi connectivity index (χ1) is 10.7. The molecule has 0 saturated heterocycles. The number of amides is 1. The van der Waals surface area contributed by atoms with Crippen LogP contribution in [-0.4, -0.2) is 19.1 Å². The van der Waals surface area contributed by atoms with Gasteiger partial charge >= 0.3 is 0 Å². The van der Waals surface area contributed by atoms with E-state index in [4.69, 9.17) is 4.74 Å². The molecule has 0 unspecified atom stereocenters. The molecule has 0 aliphatic rings. The quantitative estimate of drug-likeness (QED) is 0.554. The number of rotatable bonds is 7. The van der Waals surface area contributed by atoms with Crippen LogP contribution in [0, 0.1) is 3.57 Å². The Bertz CT molecular complexity index is 593. The number of halogens is 1. The number of benzene rings is 2. The van der Waals surface area contributed by atoms with Crippen LogP contribution in [0.1, 0.15) is 29.3 Å². The molecule has 4 heteroatoms. The fraction of sp³-hybridized carbons (Fsp3) is 0.278. The zero-order chi connectivity index (χ0) is 15.8. The van der Waals surface area contributed by atoms with Gasteiger partial charge in [-0.2, -0.15) is 0 Å². The second-order valence-electron chi connectivity index (χ2n) is 5.01. The van der Waals surface area contributed by atoms with Crippen LogP contribution < -0.4 is 10.1 Å². The van der Waals surface area contributed by atoms with Gasteiger partial charge < -0.3 is 10.1 Å². The third-order valence-corrected chi connectivity index (χ3v) is 3.94. The molecule has 0 aliphatic heterocycles. The smallest absolute Gasteiger partial charge is 0.251 e. The number of carbonyl (C=O) groups excluding carboxylic acids is 1. The third kappa shape index (κ3) is 5.33. The molecule has 2 aromatic carbocycles. The lowest BCUT2D eigenvalue weighted by Crippen LogP contribution is -2.28. The molecule has 2 aromatic rings. The van der Waals surface area contributed by atoms with Crippen molar-refractivity contribution in [1.82, 2.24) is 5.32 Å². The number of nitrogens with one attached hydrogen (secondary N) is 1. The van der Waals surface area contributed by atoms with E-state index >= 15 is 0 Å². The predicted octanol–water partition coefficient (Wildman–Crippen LogP) is 4.05. The van der Waals surface area contributed by atoms with Crippen LogP contribution in [0.2, 0.25) is 0 Å². The van der Waals surface area contributed by atoms with E-state index in [1.807, 2.05) is 36.4 Å². The summed E-state index contributed by atoms with van der Waals surface area (Å²) in [5, 5.41) is 2.85. The van der Waals surface area contributed by atoms with Crippen LogP contribution in [0.15, 0.2) is 48.5 Å². The van der Waals surface area contributed by atoms with Crippen LogP contribution in [0.4, 0.5) is 0 Å². The summed E-state index contributed by atoms with van der Waals surface area (Å²) in [6.07, 6.45) is 2.23. The van der Waals surface area contributed by atoms with E-state index in [1.54, 1.807) is 0 Å². The van der Waals surface area contributed by atoms with Crippen molar-refractivity contribution in [2.24, 2.45) is 0 Å². The van der Waals surface area contributed by atoms with Gasteiger partial charge in [-0.3, -0.25) is 4.79 Å². The lowest BCUT2D eigenvalue weighted by atomic mass is 10.1. The minimum Gasteiger partial charge on any atom is -0.492 e. The van der Waals surface area contributed by atoms with Gasteiger partial charge in [0.05, 0.1) is 6.54 Å². The lowest BCUT2D eigenvalue weighted by Gasteiger charge is -2.08. The Balaban J connectivity index is 1.72. The highest BCUT2D eigenvalue weighted by molar-refractivity contribution is 14.1. The van der Waals surface area contributed by atoms with Crippen LogP contribution in [-0.2, 0) is 6.42 Å². The summed E-state index contributed by atoms with van der Waals surface area (Å²) in [6, 6.07) is 15.6. The highest BCUT2D eigenvalue weighted by Gasteiger charge is 2.04. The lowest BCUT2D eigenvalue weighted by molar-refractivity contribution is 0.0947. The van der Waals surface area contributed by atoms with E-state index in [0.717, 1.165) is 22.2 Å². The van der Waals surface area contributed by atoms with Gasteiger partial charge in [0, 0.05) is 9.13 Å². The van der Waals surface area contributed by atoms with Crippen LogP contribution in [0.25, 0.3) is 0 Å². The summed E-state index contributed by atoms with van der Waals surface area (Å²) in [5.41, 5.74) is 1.99. The summed E-state index contributed by atoms with van der Waals surface area (Å²) in [6.45, 7) is 3.12. The second kappa shape index (κ2) is 8.78. The van der Waals surface area contributed by atoms with Gasteiger partial charge in [0.25, 0.3) is 5.91 Å². The van der Waals surface area contributed by atoms with Gasteiger partial charge in [-0.05, 0) is 71.0 Å². The monoisotopic (exact) mass is 409 g/mol. The average molecular weight is 409 g/mol. The molecule has 0 aromatic heterocycles. The Labute approximate surface area is 145 Å². The predicted molar refractivity (Wildman–Crippen MR) is 97.4 cm³/mol. The maximum absolute atomic E-state index is 11.9. The number of hydrogen-bond acceptors (Lipinski definition) is 2. The van der Waals surface area contributed by atoms with Crippen molar-refractivity contribution in [2.75, 3.05) is 13.2 Å². The molecular weight excluding hydrogens is 389 g/mol. The summed E-state index contributed by atoms with van der Waals surface area (Å²) in [4.78, 5) is 11.9. The maximum Gasteiger partial charge on any atom is 0.251 e. The molecule has 3 nitrogen and oxygen atoms in total. The topological polar surface area (TPSA) is 38.3 Å². The Morgan fingerprint density at radius 3 is 2.41 bits per heavy atom. The van der Waals surface area contributed by atoms with Crippen molar-refractivity contribution in [3.05, 3.63) is 63.2 Å². The number of aryl methyl sites for hydroxylation is 1. The van der Waals surface area contributed by atoms with Crippen molar-refractivity contribution in [3.63, 3.8) is 0 Å². The standard InChI is InChI=1S/C18H20INO2/c1-2-3-14-4-10-17(11-5-14)22-13-12-20-18(21)15-6-8-16(19)9-7-15/h4-11H,2-3,12-13H2,1H3,(H,20,21). The van der Waals surface area contributed by atoms with Crippen LogP contribution >= 0.6 is 22.6 Å². The molecule has 2 rings (SSSR count). The molecule has 0 aliphatic carbocycles. The fourth-order valence-electron chi connectivity index (χ4n) is 2.08. The van der Waals surface area contributed by atoms with E-state index in [0.29, 0.717) is 18.7 Å². The van der Waals surface area contributed by atoms with Crippen molar-refractivity contribution < 1.29 is 9.53 Å². The molecule has 0 bridgehead atoms. The highest BCUT2D eigenvalue weighted by Crippen LogP contribution is 2.13. The van der Waals surface area contributed by atoms with Gasteiger partial charge in [0.15, 0.2) is 0 Å². The van der Waals surface area contributed by atoms with Gasteiger partial charge in [0.2, 0.25) is 0 Å². The van der Waals surface area contributed by atoms with Crippen LogP contribution in [0.3, 0.4) is 0 Å². The highest BCUT2D eigenvalue weighted by atomic mass is 127. The molecule has 0 saturated carbocycles. The molecule has 0 atom stereocenters. The number of carbonyl (C=O) groups is 1. The first-order valence-electron chi connectivity index (χ1n) is 7.44. The van der Waals surface area contributed by atoms with Gasteiger partial charge in [-0.15, -0.1) is 0 Å². The normalized spacial score (nSPS) is 10.3. The Kier molecular flexibility index (Phi) is 6.71. The largest absolute Gasteiger partial charge is 0.492 e. The average Bonchev–Trinajstić information content (AvgIpc) is 2.54. The summed E-state index contributed by atoms with van der Waals surface area (Å²) in [5.74, 6) is 0.765. The van der Waals surface area contributed by atoms with E-state index in [2.05, 4.69) is 47.0 Å².